The standard InChI is InChI=1S/C3H8O.C2H2/c1-3(2)4;1-2/h3-4H,1-2H3;1-2H. The molecule has 0 saturated heterocycles. The van der Waals surface area contributed by atoms with Crippen molar-refractivity contribution in [1.29, 1.82) is 0 Å². The number of aliphatic hydroxyl groups excluding tert-OH is 1. The Balaban J connectivity index is 0. The maximum absolute atomic E-state index is 8.06. The summed E-state index contributed by atoms with van der Waals surface area (Å²) in [7, 11) is 0. The highest BCUT2D eigenvalue weighted by Gasteiger charge is 1.69. The summed E-state index contributed by atoms with van der Waals surface area (Å²) in [6, 6.07) is 0. The first-order valence-corrected chi connectivity index (χ1v) is 1.75. The van der Waals surface area contributed by atoms with Crippen molar-refractivity contribution in [1.82, 2.24) is 0 Å². The summed E-state index contributed by atoms with van der Waals surface area (Å²) in [6.45, 7) is 3.44. The molecule has 0 atom stereocenters. The van der Waals surface area contributed by atoms with Crippen LogP contribution in [-0.2, 0) is 0 Å². The van der Waals surface area contributed by atoms with Gasteiger partial charge in [-0.1, -0.05) is 0 Å². The molecule has 36 valence electrons. The Hall–Kier alpha value is -0.480. The quantitative estimate of drug-likeness (QED) is 0.429. The van der Waals surface area contributed by atoms with Crippen LogP contribution < -0.4 is 0 Å². The highest BCUT2D eigenvalue weighted by molar-refractivity contribution is 4.47. The lowest BCUT2D eigenvalue weighted by molar-refractivity contribution is 0.216. The van der Waals surface area contributed by atoms with Crippen LogP contribution in [-0.4, -0.2) is 11.2 Å². The Morgan fingerprint density at radius 1 is 1.33 bits per heavy atom. The van der Waals surface area contributed by atoms with E-state index in [1.165, 1.54) is 0 Å². The number of hydrogen-bond donors (Lipinski definition) is 1. The van der Waals surface area contributed by atoms with Gasteiger partial charge in [0.25, 0.3) is 0 Å². The van der Waals surface area contributed by atoms with Gasteiger partial charge in [0, 0.05) is 6.10 Å². The van der Waals surface area contributed by atoms with Crippen LogP contribution in [0.3, 0.4) is 0 Å². The van der Waals surface area contributed by atoms with Gasteiger partial charge < -0.3 is 5.11 Å². The molecule has 0 aliphatic carbocycles. The van der Waals surface area contributed by atoms with Crippen molar-refractivity contribution in [3.63, 3.8) is 0 Å². The van der Waals surface area contributed by atoms with Crippen LogP contribution in [0, 0.1) is 12.8 Å². The van der Waals surface area contributed by atoms with Crippen LogP contribution in [0.15, 0.2) is 0 Å². The highest BCUT2D eigenvalue weighted by atomic mass is 16.3. The second-order valence-corrected chi connectivity index (χ2v) is 1.09. The van der Waals surface area contributed by atoms with Gasteiger partial charge in [0.2, 0.25) is 0 Å². The van der Waals surface area contributed by atoms with Crippen molar-refractivity contribution in [2.24, 2.45) is 0 Å². The number of rotatable bonds is 0. The summed E-state index contributed by atoms with van der Waals surface area (Å²) in [6.07, 6.45) is 7.83. The van der Waals surface area contributed by atoms with E-state index in [-0.39, 0.29) is 6.10 Å². The summed E-state index contributed by atoms with van der Waals surface area (Å²) in [5.74, 6) is 0. The first kappa shape index (κ1) is 9.10. The third kappa shape index (κ3) is 97.0. The molecule has 0 aliphatic heterocycles. The molecule has 0 amide bonds. The number of hydrogen-bond acceptors (Lipinski definition) is 1. The lowest BCUT2D eigenvalue weighted by atomic mass is 10.5. The molecule has 0 rings (SSSR count). The van der Waals surface area contributed by atoms with Gasteiger partial charge in [0.1, 0.15) is 0 Å². The minimum Gasteiger partial charge on any atom is -0.394 e. The molecule has 0 bridgehead atoms. The van der Waals surface area contributed by atoms with E-state index >= 15 is 0 Å². The Bertz CT molecular complexity index is 25.4. The van der Waals surface area contributed by atoms with Crippen LogP contribution >= 0.6 is 0 Å². The van der Waals surface area contributed by atoms with Gasteiger partial charge in [0.15, 0.2) is 0 Å². The van der Waals surface area contributed by atoms with E-state index < -0.39 is 0 Å². The first-order chi connectivity index (χ1) is 2.73. The second-order valence-electron chi connectivity index (χ2n) is 1.09. The fourth-order valence-electron chi connectivity index (χ4n) is 0. The van der Waals surface area contributed by atoms with E-state index in [0.717, 1.165) is 0 Å². The van der Waals surface area contributed by atoms with Gasteiger partial charge in [-0.25, -0.2) is 0 Å². The summed E-state index contributed by atoms with van der Waals surface area (Å²) >= 11 is 0. The monoisotopic (exact) mass is 86.1 g/mol. The molecule has 0 fully saturated rings. The molecule has 0 spiro atoms. The second kappa shape index (κ2) is 8.82. The molecule has 1 N–H and O–H groups in total. The van der Waals surface area contributed by atoms with Crippen molar-refractivity contribution >= 4 is 0 Å². The average molecular weight is 86.1 g/mol. The number of aliphatic hydroxyl groups is 1. The predicted octanol–water partition coefficient (Wildman–Crippen LogP) is 0.637. The molecule has 6 heavy (non-hydrogen) atoms. The third-order valence-corrected chi connectivity index (χ3v) is 0. The van der Waals surface area contributed by atoms with E-state index in [2.05, 4.69) is 12.8 Å². The summed E-state index contributed by atoms with van der Waals surface area (Å²) < 4.78 is 0. The van der Waals surface area contributed by atoms with Crippen molar-refractivity contribution < 1.29 is 5.11 Å². The fourth-order valence-corrected chi connectivity index (χ4v) is 0. The largest absolute Gasteiger partial charge is 0.394 e. The van der Waals surface area contributed by atoms with E-state index in [1.807, 2.05) is 0 Å². The highest BCUT2D eigenvalue weighted by Crippen LogP contribution is 1.65. The molecular formula is C5H10O. The predicted molar refractivity (Wildman–Crippen MR) is 27.2 cm³/mol. The number of terminal acetylenes is 1. The molecule has 0 heterocycles. The molecule has 0 aromatic rings. The van der Waals surface area contributed by atoms with Crippen LogP contribution in [0.5, 0.6) is 0 Å². The van der Waals surface area contributed by atoms with Crippen LogP contribution in [0.4, 0.5) is 0 Å². The normalized spacial score (nSPS) is 6.33. The molecule has 0 saturated carbocycles. The molecule has 0 aromatic heterocycles. The van der Waals surface area contributed by atoms with Crippen molar-refractivity contribution in [2.75, 3.05) is 0 Å². The zero-order chi connectivity index (χ0) is 5.58. The fraction of sp³-hybridized carbons (Fsp3) is 0.600. The molecule has 1 heteroatoms. The van der Waals surface area contributed by atoms with Gasteiger partial charge in [0.05, 0.1) is 0 Å². The molecule has 0 radical (unpaired) electrons. The average Bonchev–Trinajstić information content (AvgIpc) is 1.41. The summed E-state index contributed by atoms with van der Waals surface area (Å²) in [4.78, 5) is 0. The van der Waals surface area contributed by atoms with Gasteiger partial charge in [-0.05, 0) is 13.8 Å². The smallest absolute Gasteiger partial charge is 0.0483 e. The molecular weight excluding hydrogens is 76.1 g/mol. The Kier molecular flexibility index (Phi) is 13.4. The Morgan fingerprint density at radius 3 is 1.33 bits per heavy atom. The van der Waals surface area contributed by atoms with Gasteiger partial charge >= 0.3 is 0 Å². The molecule has 0 aliphatic rings. The Labute approximate surface area is 39.0 Å². The maximum atomic E-state index is 8.06. The van der Waals surface area contributed by atoms with Crippen molar-refractivity contribution in [3.8, 4) is 12.8 Å². The topological polar surface area (TPSA) is 20.2 Å². The first-order valence-electron chi connectivity index (χ1n) is 1.75. The maximum Gasteiger partial charge on any atom is 0.0483 e. The lowest BCUT2D eigenvalue weighted by Gasteiger charge is -1.80. The molecule has 0 unspecified atom stereocenters. The zero-order valence-corrected chi connectivity index (χ0v) is 4.18. The van der Waals surface area contributed by atoms with E-state index in [4.69, 9.17) is 5.11 Å². The van der Waals surface area contributed by atoms with E-state index in [1.54, 1.807) is 13.8 Å². The minimum atomic E-state index is -0.167. The lowest BCUT2D eigenvalue weighted by Crippen LogP contribution is -1.85. The Morgan fingerprint density at radius 2 is 1.33 bits per heavy atom. The van der Waals surface area contributed by atoms with E-state index in [9.17, 15) is 0 Å². The third-order valence-electron chi connectivity index (χ3n) is 0. The summed E-state index contributed by atoms with van der Waals surface area (Å²) in [5, 5.41) is 8.06. The van der Waals surface area contributed by atoms with Crippen LogP contribution in [0.1, 0.15) is 13.8 Å². The SMILES string of the molecule is C#C.CC(C)O. The zero-order valence-electron chi connectivity index (χ0n) is 4.18. The van der Waals surface area contributed by atoms with E-state index in [0.29, 0.717) is 0 Å². The summed E-state index contributed by atoms with van der Waals surface area (Å²) in [5.41, 5.74) is 0. The minimum absolute atomic E-state index is 0.167. The van der Waals surface area contributed by atoms with Crippen LogP contribution in [0.2, 0.25) is 0 Å². The molecule has 0 aromatic carbocycles. The molecule has 1 nitrogen and oxygen atoms in total. The van der Waals surface area contributed by atoms with Gasteiger partial charge in [-0.15, -0.1) is 12.8 Å². The van der Waals surface area contributed by atoms with Crippen molar-refractivity contribution in [2.45, 2.75) is 20.0 Å². The van der Waals surface area contributed by atoms with Crippen LogP contribution in [0.25, 0.3) is 0 Å². The van der Waals surface area contributed by atoms with Gasteiger partial charge in [-0.2, -0.15) is 0 Å². The van der Waals surface area contributed by atoms with Gasteiger partial charge in [-0.3, -0.25) is 0 Å². The van der Waals surface area contributed by atoms with Crippen molar-refractivity contribution in [3.05, 3.63) is 0 Å².